The first-order valence-corrected chi connectivity index (χ1v) is 5.55. The van der Waals surface area contributed by atoms with E-state index in [4.69, 9.17) is 0 Å². The van der Waals surface area contributed by atoms with Crippen molar-refractivity contribution in [3.63, 3.8) is 0 Å². The van der Waals surface area contributed by atoms with Gasteiger partial charge in [0.2, 0.25) is 0 Å². The fourth-order valence-electron chi connectivity index (χ4n) is 0.949. The number of hydrogen-bond acceptors (Lipinski definition) is 2. The number of alkyl halides is 2. The SMILES string of the molecule is COC(=O)c1ccc(C(Br)Br)c(F)c1. The molecule has 0 aliphatic heterocycles. The van der Waals surface area contributed by atoms with E-state index >= 15 is 0 Å². The van der Waals surface area contributed by atoms with E-state index in [9.17, 15) is 9.18 Å². The fraction of sp³-hybridized carbons (Fsp3) is 0.222. The first kappa shape index (κ1) is 11.7. The minimum atomic E-state index is -0.545. The molecular weight excluding hydrogens is 319 g/mol. The topological polar surface area (TPSA) is 26.3 Å². The van der Waals surface area contributed by atoms with E-state index in [1.165, 1.54) is 19.2 Å². The molecule has 1 aromatic carbocycles. The molecule has 0 heterocycles. The number of hydrogen-bond donors (Lipinski definition) is 0. The predicted molar refractivity (Wildman–Crippen MR) is 58.3 cm³/mol. The molecule has 14 heavy (non-hydrogen) atoms. The maximum atomic E-state index is 13.3. The molecule has 2 nitrogen and oxygen atoms in total. The molecule has 1 rings (SSSR count). The van der Waals surface area contributed by atoms with Crippen molar-refractivity contribution >= 4 is 37.8 Å². The molecular formula is C9H7Br2FO2. The molecule has 0 aromatic heterocycles. The summed E-state index contributed by atoms with van der Waals surface area (Å²) >= 11 is 6.34. The van der Waals surface area contributed by atoms with Crippen molar-refractivity contribution in [2.24, 2.45) is 0 Å². The third kappa shape index (κ3) is 2.54. The third-order valence-electron chi connectivity index (χ3n) is 1.66. The van der Waals surface area contributed by atoms with Crippen LogP contribution < -0.4 is 0 Å². The zero-order chi connectivity index (χ0) is 10.7. The second kappa shape index (κ2) is 4.89. The lowest BCUT2D eigenvalue weighted by molar-refractivity contribution is 0.0600. The van der Waals surface area contributed by atoms with Gasteiger partial charge in [-0.05, 0) is 12.1 Å². The van der Waals surface area contributed by atoms with Crippen molar-refractivity contribution in [2.75, 3.05) is 7.11 Å². The van der Waals surface area contributed by atoms with Gasteiger partial charge in [0.15, 0.2) is 0 Å². The Kier molecular flexibility index (Phi) is 4.07. The molecule has 1 aromatic rings. The molecule has 0 unspecified atom stereocenters. The highest BCUT2D eigenvalue weighted by atomic mass is 79.9. The van der Waals surface area contributed by atoms with Crippen LogP contribution in [0.25, 0.3) is 0 Å². The summed E-state index contributed by atoms with van der Waals surface area (Å²) in [6.45, 7) is 0. The summed E-state index contributed by atoms with van der Waals surface area (Å²) < 4.78 is 17.5. The van der Waals surface area contributed by atoms with Gasteiger partial charge in [0.25, 0.3) is 0 Å². The number of esters is 1. The molecule has 0 spiro atoms. The third-order valence-corrected chi connectivity index (χ3v) is 2.64. The van der Waals surface area contributed by atoms with Gasteiger partial charge < -0.3 is 4.74 Å². The smallest absolute Gasteiger partial charge is 0.337 e. The van der Waals surface area contributed by atoms with Crippen LogP contribution in [0.1, 0.15) is 19.7 Å². The van der Waals surface area contributed by atoms with Crippen molar-refractivity contribution < 1.29 is 13.9 Å². The lowest BCUT2D eigenvalue weighted by Gasteiger charge is -2.05. The van der Waals surface area contributed by atoms with Gasteiger partial charge in [-0.1, -0.05) is 37.9 Å². The van der Waals surface area contributed by atoms with E-state index in [1.807, 2.05) is 0 Å². The Balaban J connectivity index is 3.06. The minimum absolute atomic E-state index is 0.203. The molecule has 0 saturated heterocycles. The summed E-state index contributed by atoms with van der Waals surface area (Å²) in [5.41, 5.74) is 0.645. The van der Waals surface area contributed by atoms with E-state index in [0.717, 1.165) is 6.07 Å². The lowest BCUT2D eigenvalue weighted by Crippen LogP contribution is -2.02. The Morgan fingerprint density at radius 1 is 1.50 bits per heavy atom. The molecule has 76 valence electrons. The Labute approximate surface area is 97.7 Å². The Hall–Kier alpha value is -0.420. The van der Waals surface area contributed by atoms with Gasteiger partial charge in [-0.25, -0.2) is 9.18 Å². The number of benzene rings is 1. The molecule has 0 atom stereocenters. The molecule has 0 saturated carbocycles. The van der Waals surface area contributed by atoms with Crippen LogP contribution >= 0.6 is 31.9 Å². The highest BCUT2D eigenvalue weighted by Crippen LogP contribution is 2.31. The summed E-state index contributed by atoms with van der Waals surface area (Å²) in [7, 11) is 1.26. The number of carbonyl (C=O) groups excluding carboxylic acids is 1. The highest BCUT2D eigenvalue weighted by Gasteiger charge is 2.12. The van der Waals surface area contributed by atoms with Gasteiger partial charge in [0.1, 0.15) is 5.82 Å². The zero-order valence-electron chi connectivity index (χ0n) is 7.26. The molecule has 0 radical (unpaired) electrons. The second-order valence-electron chi connectivity index (χ2n) is 2.53. The first-order chi connectivity index (χ1) is 6.56. The number of rotatable bonds is 2. The van der Waals surface area contributed by atoms with Gasteiger partial charge in [0.05, 0.1) is 16.4 Å². The van der Waals surface area contributed by atoms with Crippen molar-refractivity contribution in [3.05, 3.63) is 35.1 Å². The predicted octanol–water partition coefficient (Wildman–Crippen LogP) is 3.40. The summed E-state index contributed by atoms with van der Waals surface area (Å²) in [5.74, 6) is -0.997. The lowest BCUT2D eigenvalue weighted by atomic mass is 10.1. The molecule has 0 N–H and O–H groups in total. The first-order valence-electron chi connectivity index (χ1n) is 3.72. The van der Waals surface area contributed by atoms with Gasteiger partial charge in [-0.15, -0.1) is 0 Å². The van der Waals surface area contributed by atoms with E-state index in [2.05, 4.69) is 36.6 Å². The van der Waals surface area contributed by atoms with E-state index < -0.39 is 11.8 Å². The van der Waals surface area contributed by atoms with Crippen LogP contribution in [-0.4, -0.2) is 13.1 Å². The zero-order valence-corrected chi connectivity index (χ0v) is 10.4. The van der Waals surface area contributed by atoms with E-state index in [0.29, 0.717) is 5.56 Å². The average Bonchev–Trinajstić information content (AvgIpc) is 2.15. The molecule has 5 heteroatoms. The Morgan fingerprint density at radius 3 is 2.57 bits per heavy atom. The van der Waals surface area contributed by atoms with Crippen molar-refractivity contribution in [3.8, 4) is 0 Å². The van der Waals surface area contributed by atoms with Crippen LogP contribution in [0.4, 0.5) is 4.39 Å². The van der Waals surface area contributed by atoms with Crippen LogP contribution in [0, 0.1) is 5.82 Å². The maximum Gasteiger partial charge on any atom is 0.337 e. The molecule has 0 aliphatic carbocycles. The van der Waals surface area contributed by atoms with E-state index in [-0.39, 0.29) is 9.30 Å². The normalized spacial score (nSPS) is 10.4. The average molecular weight is 326 g/mol. The number of methoxy groups -OCH3 is 1. The van der Waals surface area contributed by atoms with Crippen molar-refractivity contribution in [2.45, 2.75) is 3.74 Å². The number of ether oxygens (including phenoxy) is 1. The van der Waals surface area contributed by atoms with Crippen LogP contribution in [0.5, 0.6) is 0 Å². The molecule has 0 amide bonds. The summed E-state index contributed by atoms with van der Waals surface area (Å²) in [5, 5.41) is 0. The van der Waals surface area contributed by atoms with Crippen molar-refractivity contribution in [1.29, 1.82) is 0 Å². The molecule has 0 bridgehead atoms. The molecule has 0 aliphatic rings. The van der Waals surface area contributed by atoms with Gasteiger partial charge in [0, 0.05) is 5.56 Å². The van der Waals surface area contributed by atoms with Crippen LogP contribution in [-0.2, 0) is 4.74 Å². The Bertz CT molecular complexity index is 353. The van der Waals surface area contributed by atoms with E-state index in [1.54, 1.807) is 0 Å². The Morgan fingerprint density at radius 2 is 2.14 bits per heavy atom. The van der Waals surface area contributed by atoms with Crippen molar-refractivity contribution in [1.82, 2.24) is 0 Å². The number of carbonyl (C=O) groups is 1. The molecule has 0 fully saturated rings. The summed E-state index contributed by atoms with van der Waals surface area (Å²) in [6.07, 6.45) is 0. The fourth-order valence-corrected chi connectivity index (χ4v) is 1.69. The standard InChI is InChI=1S/C9H7Br2FO2/c1-14-9(13)5-2-3-6(8(10)11)7(12)4-5/h2-4,8H,1H3. The van der Waals surface area contributed by atoms with Crippen LogP contribution in [0.2, 0.25) is 0 Å². The monoisotopic (exact) mass is 324 g/mol. The summed E-state index contributed by atoms with van der Waals surface area (Å²) in [4.78, 5) is 11.0. The van der Waals surface area contributed by atoms with Gasteiger partial charge in [-0.3, -0.25) is 0 Å². The van der Waals surface area contributed by atoms with Gasteiger partial charge >= 0.3 is 5.97 Å². The summed E-state index contributed by atoms with van der Waals surface area (Å²) in [6, 6.07) is 4.19. The quantitative estimate of drug-likeness (QED) is 0.615. The largest absolute Gasteiger partial charge is 0.465 e. The van der Waals surface area contributed by atoms with Crippen LogP contribution in [0.15, 0.2) is 18.2 Å². The van der Waals surface area contributed by atoms with Crippen LogP contribution in [0.3, 0.4) is 0 Å². The maximum absolute atomic E-state index is 13.3. The van der Waals surface area contributed by atoms with Gasteiger partial charge in [-0.2, -0.15) is 0 Å². The second-order valence-corrected chi connectivity index (χ2v) is 5.59. The minimum Gasteiger partial charge on any atom is -0.465 e. The highest BCUT2D eigenvalue weighted by molar-refractivity contribution is 9.24. The number of halogens is 3.